The van der Waals surface area contributed by atoms with Gasteiger partial charge >= 0.3 is 0 Å². The summed E-state index contributed by atoms with van der Waals surface area (Å²) in [4.78, 5) is 13.1. The molecular formula is C24H32N2O3S. The Kier molecular flexibility index (Phi) is 6.98. The van der Waals surface area contributed by atoms with Crippen LogP contribution in [0.25, 0.3) is 0 Å². The van der Waals surface area contributed by atoms with Gasteiger partial charge in [-0.15, -0.1) is 0 Å². The molecule has 0 aliphatic carbocycles. The van der Waals surface area contributed by atoms with Gasteiger partial charge in [-0.3, -0.25) is 4.79 Å². The Morgan fingerprint density at radius 3 is 2.37 bits per heavy atom. The van der Waals surface area contributed by atoms with Crippen molar-refractivity contribution >= 4 is 15.9 Å². The van der Waals surface area contributed by atoms with Crippen LogP contribution < -0.4 is 5.32 Å². The second-order valence-electron chi connectivity index (χ2n) is 8.35. The summed E-state index contributed by atoms with van der Waals surface area (Å²) >= 11 is 0. The molecule has 1 fully saturated rings. The molecule has 1 heterocycles. The Hall–Kier alpha value is -2.18. The minimum absolute atomic E-state index is 0.174. The molecule has 0 saturated carbocycles. The number of nitrogens with zero attached hydrogens (tertiary/aromatic N) is 1. The van der Waals surface area contributed by atoms with Gasteiger partial charge in [0.1, 0.15) is 0 Å². The third-order valence-electron chi connectivity index (χ3n) is 6.07. The maximum Gasteiger partial charge on any atom is 0.252 e. The highest BCUT2D eigenvalue weighted by atomic mass is 32.2. The summed E-state index contributed by atoms with van der Waals surface area (Å²) in [6, 6.07) is 12.8. The number of benzene rings is 2. The van der Waals surface area contributed by atoms with Gasteiger partial charge in [-0.25, -0.2) is 8.42 Å². The summed E-state index contributed by atoms with van der Waals surface area (Å²) in [6.45, 7) is 9.08. The summed E-state index contributed by atoms with van der Waals surface area (Å²) in [7, 11) is -3.59. The summed E-state index contributed by atoms with van der Waals surface area (Å²) < 4.78 is 27.7. The van der Waals surface area contributed by atoms with Gasteiger partial charge in [-0.2, -0.15) is 4.31 Å². The fourth-order valence-corrected chi connectivity index (χ4v) is 5.28. The fraction of sp³-hybridized carbons (Fsp3) is 0.458. The molecule has 1 saturated heterocycles. The fourth-order valence-electron chi connectivity index (χ4n) is 3.78. The molecule has 1 aliphatic rings. The maximum absolute atomic E-state index is 13.1. The normalized spacial score (nSPS) is 16.9. The zero-order chi connectivity index (χ0) is 21.9. The first-order valence-electron chi connectivity index (χ1n) is 10.7. The summed E-state index contributed by atoms with van der Waals surface area (Å²) in [5.41, 5.74) is 3.42. The van der Waals surface area contributed by atoms with E-state index in [1.165, 1.54) is 15.9 Å². The Bertz CT molecular complexity index is 992. The zero-order valence-electron chi connectivity index (χ0n) is 18.3. The number of hydrogen-bond acceptors (Lipinski definition) is 3. The van der Waals surface area contributed by atoms with Crippen LogP contribution in [0.3, 0.4) is 0 Å². The number of carbonyl (C=O) groups is 1. The van der Waals surface area contributed by atoms with E-state index < -0.39 is 10.0 Å². The molecule has 5 nitrogen and oxygen atoms in total. The van der Waals surface area contributed by atoms with Gasteiger partial charge in [0.05, 0.1) is 10.9 Å². The van der Waals surface area contributed by atoms with Gasteiger partial charge < -0.3 is 5.32 Å². The number of amides is 1. The summed E-state index contributed by atoms with van der Waals surface area (Å²) in [5, 5.41) is 3.01. The van der Waals surface area contributed by atoms with E-state index in [0.29, 0.717) is 24.6 Å². The van der Waals surface area contributed by atoms with Gasteiger partial charge in [0, 0.05) is 18.7 Å². The van der Waals surface area contributed by atoms with Crippen molar-refractivity contribution in [1.29, 1.82) is 0 Å². The molecule has 30 heavy (non-hydrogen) atoms. The molecule has 162 valence electrons. The minimum atomic E-state index is -3.59. The van der Waals surface area contributed by atoms with E-state index in [2.05, 4.69) is 31.3 Å². The van der Waals surface area contributed by atoms with E-state index in [4.69, 9.17) is 0 Å². The van der Waals surface area contributed by atoms with E-state index in [9.17, 15) is 13.2 Å². The molecule has 6 heteroatoms. The van der Waals surface area contributed by atoms with Crippen LogP contribution in [0.2, 0.25) is 0 Å². The topological polar surface area (TPSA) is 66.5 Å². The van der Waals surface area contributed by atoms with Crippen LogP contribution >= 0.6 is 0 Å². The Labute approximate surface area is 180 Å². The second-order valence-corrected chi connectivity index (χ2v) is 10.3. The third kappa shape index (κ3) is 4.93. The van der Waals surface area contributed by atoms with Crippen molar-refractivity contribution in [3.63, 3.8) is 0 Å². The zero-order valence-corrected chi connectivity index (χ0v) is 19.1. The Balaban J connectivity index is 1.79. The molecule has 1 amide bonds. The molecule has 1 atom stereocenters. The number of carbonyl (C=O) groups excluding carboxylic acids is 1. The average molecular weight is 429 g/mol. The van der Waals surface area contributed by atoms with Gasteiger partial charge in [0.2, 0.25) is 10.0 Å². The van der Waals surface area contributed by atoms with Crippen molar-refractivity contribution in [2.75, 3.05) is 13.1 Å². The molecule has 0 unspecified atom stereocenters. The first-order chi connectivity index (χ1) is 14.2. The van der Waals surface area contributed by atoms with E-state index in [1.54, 1.807) is 12.1 Å². The van der Waals surface area contributed by atoms with E-state index >= 15 is 0 Å². The van der Waals surface area contributed by atoms with Crippen molar-refractivity contribution in [2.24, 2.45) is 5.92 Å². The lowest BCUT2D eigenvalue weighted by molar-refractivity contribution is 0.0939. The molecule has 0 spiro atoms. The van der Waals surface area contributed by atoms with Crippen LogP contribution in [0.1, 0.15) is 66.7 Å². The van der Waals surface area contributed by atoms with Crippen LogP contribution in [-0.4, -0.2) is 31.7 Å². The minimum Gasteiger partial charge on any atom is -0.346 e. The van der Waals surface area contributed by atoms with E-state index in [0.717, 1.165) is 30.4 Å². The smallest absolute Gasteiger partial charge is 0.252 e. The molecular weight excluding hydrogens is 396 g/mol. The van der Waals surface area contributed by atoms with Gasteiger partial charge in [0.15, 0.2) is 0 Å². The number of piperidine rings is 1. The molecule has 3 rings (SSSR count). The summed E-state index contributed by atoms with van der Waals surface area (Å²) in [6.07, 6.45) is 2.71. The average Bonchev–Trinajstić information content (AvgIpc) is 2.74. The van der Waals surface area contributed by atoms with E-state index in [1.807, 2.05) is 26.0 Å². The SMILES string of the molecule is CCc1ccc([C@H](C)NC(=O)c2cc(S(=O)(=O)N3CCC(C)CC3)ccc2C)cc1. The maximum atomic E-state index is 13.1. The molecule has 0 bridgehead atoms. The number of rotatable bonds is 6. The molecule has 1 aliphatic heterocycles. The first kappa shape index (κ1) is 22.5. The van der Waals surface area contributed by atoms with Gasteiger partial charge in [-0.1, -0.05) is 44.2 Å². The monoisotopic (exact) mass is 428 g/mol. The highest BCUT2D eigenvalue weighted by Gasteiger charge is 2.29. The molecule has 2 aromatic carbocycles. The molecule has 0 radical (unpaired) electrons. The van der Waals surface area contributed by atoms with Crippen LogP contribution in [0, 0.1) is 12.8 Å². The van der Waals surface area contributed by atoms with Crippen molar-refractivity contribution in [1.82, 2.24) is 9.62 Å². The number of hydrogen-bond donors (Lipinski definition) is 1. The van der Waals surface area contributed by atoms with Crippen molar-refractivity contribution < 1.29 is 13.2 Å². The second kappa shape index (κ2) is 9.31. The molecule has 1 N–H and O–H groups in total. The van der Waals surface area contributed by atoms with Crippen LogP contribution in [0.15, 0.2) is 47.4 Å². The Morgan fingerprint density at radius 1 is 1.13 bits per heavy atom. The van der Waals surface area contributed by atoms with Gasteiger partial charge in [-0.05, 0) is 67.9 Å². The lowest BCUT2D eigenvalue weighted by atomic mass is 10.0. The molecule has 0 aromatic heterocycles. The lowest BCUT2D eigenvalue weighted by Crippen LogP contribution is -2.38. The molecule has 2 aromatic rings. The lowest BCUT2D eigenvalue weighted by Gasteiger charge is -2.29. The highest BCUT2D eigenvalue weighted by Crippen LogP contribution is 2.25. The number of nitrogens with one attached hydrogen (secondary N) is 1. The number of aryl methyl sites for hydroxylation is 2. The highest BCUT2D eigenvalue weighted by molar-refractivity contribution is 7.89. The Morgan fingerprint density at radius 2 is 1.77 bits per heavy atom. The van der Waals surface area contributed by atoms with Crippen LogP contribution in [0.5, 0.6) is 0 Å². The largest absolute Gasteiger partial charge is 0.346 e. The van der Waals surface area contributed by atoms with Crippen LogP contribution in [-0.2, 0) is 16.4 Å². The van der Waals surface area contributed by atoms with Crippen molar-refractivity contribution in [3.05, 3.63) is 64.7 Å². The summed E-state index contributed by atoms with van der Waals surface area (Å²) in [5.74, 6) is 0.285. The van der Waals surface area contributed by atoms with Crippen molar-refractivity contribution in [2.45, 2.75) is 57.9 Å². The predicted molar refractivity (Wildman–Crippen MR) is 120 cm³/mol. The van der Waals surface area contributed by atoms with E-state index in [-0.39, 0.29) is 16.8 Å². The third-order valence-corrected chi connectivity index (χ3v) is 7.96. The predicted octanol–water partition coefficient (Wildman–Crippen LogP) is 4.47. The van der Waals surface area contributed by atoms with Gasteiger partial charge in [0.25, 0.3) is 5.91 Å². The van der Waals surface area contributed by atoms with Crippen molar-refractivity contribution in [3.8, 4) is 0 Å². The number of sulfonamides is 1. The standard InChI is InChI=1S/C24H32N2O3S/c1-5-20-7-9-21(10-8-20)19(4)25-24(27)23-16-22(11-6-18(23)3)30(28,29)26-14-12-17(2)13-15-26/h6-11,16-17,19H,5,12-15H2,1-4H3,(H,25,27)/t19-/m0/s1. The first-order valence-corrected chi connectivity index (χ1v) is 12.2. The van der Waals surface area contributed by atoms with Crippen LogP contribution in [0.4, 0.5) is 0 Å². The quantitative estimate of drug-likeness (QED) is 0.738.